The van der Waals surface area contributed by atoms with Crippen LogP contribution in [0.1, 0.15) is 37.9 Å². The maximum absolute atomic E-state index is 12.0. The molecule has 9 heteroatoms. The van der Waals surface area contributed by atoms with Crippen molar-refractivity contribution in [1.82, 2.24) is 14.9 Å². The summed E-state index contributed by atoms with van der Waals surface area (Å²) in [5.41, 5.74) is 2.56. The summed E-state index contributed by atoms with van der Waals surface area (Å²) >= 11 is 0. The molecule has 0 saturated heterocycles. The zero-order chi connectivity index (χ0) is 21.6. The molecule has 0 bridgehead atoms. The number of aromatic nitrogens is 2. The lowest BCUT2D eigenvalue weighted by Crippen LogP contribution is -2.37. The SMILES string of the molecule is CCN(CCNc1nc2c(c(NC)n1)CS(=O)(=O)C2)C(C)C1=C/COCCC/C=C\1. The zero-order valence-electron chi connectivity index (χ0n) is 18.1. The van der Waals surface area contributed by atoms with Gasteiger partial charge in [0, 0.05) is 38.3 Å². The lowest BCUT2D eigenvalue weighted by atomic mass is 10.1. The molecule has 0 amide bonds. The van der Waals surface area contributed by atoms with Gasteiger partial charge in [-0.2, -0.15) is 4.98 Å². The molecule has 2 aliphatic heterocycles. The maximum Gasteiger partial charge on any atom is 0.224 e. The minimum Gasteiger partial charge on any atom is -0.377 e. The minimum atomic E-state index is -3.13. The van der Waals surface area contributed by atoms with Crippen molar-refractivity contribution < 1.29 is 13.2 Å². The molecule has 3 rings (SSSR count). The molecule has 0 aromatic carbocycles. The Bertz CT molecular complexity index is 898. The van der Waals surface area contributed by atoms with Crippen LogP contribution in [0.3, 0.4) is 0 Å². The Labute approximate surface area is 179 Å². The van der Waals surface area contributed by atoms with Crippen molar-refractivity contribution >= 4 is 21.6 Å². The molecule has 0 saturated carbocycles. The first-order chi connectivity index (χ1) is 14.4. The van der Waals surface area contributed by atoms with Gasteiger partial charge in [0.2, 0.25) is 5.95 Å². The molecule has 2 aliphatic rings. The number of rotatable bonds is 8. The summed E-state index contributed by atoms with van der Waals surface area (Å²) < 4.78 is 29.6. The number of ether oxygens (including phenoxy) is 1. The van der Waals surface area contributed by atoms with Gasteiger partial charge in [-0.25, -0.2) is 13.4 Å². The van der Waals surface area contributed by atoms with Gasteiger partial charge in [-0.1, -0.05) is 25.2 Å². The highest BCUT2D eigenvalue weighted by atomic mass is 32.2. The van der Waals surface area contributed by atoms with Crippen LogP contribution in [0.4, 0.5) is 11.8 Å². The van der Waals surface area contributed by atoms with Gasteiger partial charge < -0.3 is 15.4 Å². The lowest BCUT2D eigenvalue weighted by molar-refractivity contribution is 0.159. The molecule has 0 aliphatic carbocycles. The van der Waals surface area contributed by atoms with Crippen LogP contribution in [0.5, 0.6) is 0 Å². The third-order valence-electron chi connectivity index (χ3n) is 5.58. The van der Waals surface area contributed by atoms with E-state index < -0.39 is 9.84 Å². The van der Waals surface area contributed by atoms with Gasteiger partial charge in [0.25, 0.3) is 0 Å². The van der Waals surface area contributed by atoms with Crippen LogP contribution >= 0.6 is 0 Å². The fraction of sp³-hybridized carbons (Fsp3) is 0.619. The minimum absolute atomic E-state index is 0.00621. The van der Waals surface area contributed by atoms with Gasteiger partial charge in [-0.15, -0.1) is 0 Å². The number of nitrogens with one attached hydrogen (secondary N) is 2. The second kappa shape index (κ2) is 10.4. The van der Waals surface area contributed by atoms with Gasteiger partial charge in [0.1, 0.15) is 5.82 Å². The number of sulfone groups is 1. The molecule has 0 radical (unpaired) electrons. The summed E-state index contributed by atoms with van der Waals surface area (Å²) in [5, 5.41) is 6.27. The van der Waals surface area contributed by atoms with Crippen molar-refractivity contribution in [3.63, 3.8) is 0 Å². The normalized spacial score (nSPS) is 22.2. The highest BCUT2D eigenvalue weighted by molar-refractivity contribution is 7.90. The highest BCUT2D eigenvalue weighted by Gasteiger charge is 2.29. The van der Waals surface area contributed by atoms with Gasteiger partial charge in [-0.05, 0) is 31.9 Å². The summed E-state index contributed by atoms with van der Waals surface area (Å²) in [6.07, 6.45) is 8.72. The topological polar surface area (TPSA) is 96.5 Å². The highest BCUT2D eigenvalue weighted by Crippen LogP contribution is 2.29. The van der Waals surface area contributed by atoms with Crippen LogP contribution in [0.25, 0.3) is 0 Å². The predicted molar refractivity (Wildman–Crippen MR) is 120 cm³/mol. The van der Waals surface area contributed by atoms with E-state index in [0.29, 0.717) is 36.2 Å². The van der Waals surface area contributed by atoms with Gasteiger partial charge in [-0.3, -0.25) is 4.90 Å². The smallest absolute Gasteiger partial charge is 0.224 e. The average Bonchev–Trinajstić information content (AvgIpc) is 3.10. The van der Waals surface area contributed by atoms with E-state index in [1.165, 1.54) is 5.57 Å². The fourth-order valence-corrected chi connectivity index (χ4v) is 5.35. The van der Waals surface area contributed by atoms with Gasteiger partial charge in [0.05, 0.1) is 23.8 Å². The summed E-state index contributed by atoms with van der Waals surface area (Å²) in [7, 11) is -1.38. The van der Waals surface area contributed by atoms with Crippen LogP contribution in [-0.2, 0) is 26.1 Å². The molecule has 1 unspecified atom stereocenters. The molecular weight excluding hydrogens is 402 g/mol. The number of allylic oxidation sites excluding steroid dienone is 1. The van der Waals surface area contributed by atoms with E-state index in [1.54, 1.807) is 7.05 Å². The largest absolute Gasteiger partial charge is 0.377 e. The molecule has 8 nitrogen and oxygen atoms in total. The van der Waals surface area contributed by atoms with Crippen LogP contribution in [0.2, 0.25) is 0 Å². The first-order valence-electron chi connectivity index (χ1n) is 10.6. The molecule has 3 heterocycles. The third-order valence-corrected chi connectivity index (χ3v) is 7.02. The third kappa shape index (κ3) is 5.80. The summed E-state index contributed by atoms with van der Waals surface area (Å²) in [6, 6.07) is 0.272. The van der Waals surface area contributed by atoms with E-state index in [2.05, 4.69) is 57.6 Å². The number of fused-ring (bicyclic) bond motifs is 1. The van der Waals surface area contributed by atoms with E-state index in [1.807, 2.05) is 0 Å². The van der Waals surface area contributed by atoms with Crippen LogP contribution in [0.15, 0.2) is 23.8 Å². The molecule has 1 aromatic rings. The Kier molecular flexibility index (Phi) is 7.85. The molecule has 0 fully saturated rings. The number of hydrogen-bond donors (Lipinski definition) is 2. The molecule has 166 valence electrons. The Balaban J connectivity index is 1.63. The zero-order valence-corrected chi connectivity index (χ0v) is 19.0. The Morgan fingerprint density at radius 3 is 2.90 bits per heavy atom. The van der Waals surface area contributed by atoms with Crippen molar-refractivity contribution in [1.29, 1.82) is 0 Å². The Morgan fingerprint density at radius 2 is 2.13 bits per heavy atom. The fourth-order valence-electron chi connectivity index (χ4n) is 3.85. The monoisotopic (exact) mass is 435 g/mol. The van der Waals surface area contributed by atoms with Gasteiger partial charge in [0.15, 0.2) is 9.84 Å². The van der Waals surface area contributed by atoms with Crippen LogP contribution in [0, 0.1) is 0 Å². The molecule has 30 heavy (non-hydrogen) atoms. The molecular formula is C21H33N5O3S. The van der Waals surface area contributed by atoms with Crippen molar-refractivity contribution in [2.24, 2.45) is 0 Å². The van der Waals surface area contributed by atoms with Crippen molar-refractivity contribution in [3.05, 3.63) is 35.1 Å². The van der Waals surface area contributed by atoms with E-state index in [0.717, 1.165) is 32.5 Å². The second-order valence-corrected chi connectivity index (χ2v) is 9.72. The lowest BCUT2D eigenvalue weighted by Gasteiger charge is -2.29. The average molecular weight is 436 g/mol. The van der Waals surface area contributed by atoms with E-state index in [-0.39, 0.29) is 17.5 Å². The number of anilines is 2. The van der Waals surface area contributed by atoms with Crippen molar-refractivity contribution in [2.45, 2.75) is 44.2 Å². The molecule has 1 atom stereocenters. The standard InChI is InChI=1S/C21H33N5O3S/c1-4-26(16(2)17-8-6-5-7-12-29-13-9-17)11-10-23-21-24-19-15-30(27,28)14-18(19)20(22-3)25-21/h6,8-9,16H,4-5,7,10-15H2,1-3H3,(H2,22,23,24,25)/b8-6-,17-9+. The molecule has 0 spiro atoms. The Morgan fingerprint density at radius 1 is 1.30 bits per heavy atom. The Hall–Kier alpha value is -1.97. The predicted octanol–water partition coefficient (Wildman–Crippen LogP) is 2.36. The van der Waals surface area contributed by atoms with E-state index in [4.69, 9.17) is 4.74 Å². The number of nitrogens with zero attached hydrogens (tertiary/aromatic N) is 3. The van der Waals surface area contributed by atoms with Crippen molar-refractivity contribution in [3.8, 4) is 0 Å². The summed E-state index contributed by atoms with van der Waals surface area (Å²) in [4.78, 5) is 11.3. The quantitative estimate of drug-likeness (QED) is 0.642. The first kappa shape index (κ1) is 22.7. The number of hydrogen-bond acceptors (Lipinski definition) is 8. The van der Waals surface area contributed by atoms with Crippen LogP contribution in [-0.4, -0.2) is 69.2 Å². The molecule has 2 N–H and O–H groups in total. The molecule has 1 aromatic heterocycles. The first-order valence-corrected chi connectivity index (χ1v) is 12.5. The van der Waals surface area contributed by atoms with Gasteiger partial charge >= 0.3 is 0 Å². The van der Waals surface area contributed by atoms with E-state index >= 15 is 0 Å². The summed E-state index contributed by atoms with van der Waals surface area (Å²) in [5.74, 6) is 1.04. The second-order valence-electron chi connectivity index (χ2n) is 7.66. The number of likely N-dealkylation sites (N-methyl/N-ethyl adjacent to an activating group) is 1. The van der Waals surface area contributed by atoms with Crippen LogP contribution < -0.4 is 10.6 Å². The van der Waals surface area contributed by atoms with Crippen molar-refractivity contribution in [2.75, 3.05) is 50.5 Å². The van der Waals surface area contributed by atoms with E-state index in [9.17, 15) is 8.42 Å². The summed E-state index contributed by atoms with van der Waals surface area (Å²) in [6.45, 7) is 8.23. The maximum atomic E-state index is 12.0.